The van der Waals surface area contributed by atoms with Gasteiger partial charge in [0.25, 0.3) is 0 Å². The molecule has 0 spiro atoms. The van der Waals surface area contributed by atoms with Crippen molar-refractivity contribution in [3.63, 3.8) is 0 Å². The topological polar surface area (TPSA) is 57.0 Å². The number of fused-ring (bicyclic) bond motifs is 1. The van der Waals surface area contributed by atoms with Crippen LogP contribution < -0.4 is 0 Å². The number of esters is 1. The lowest BCUT2D eigenvalue weighted by atomic mass is 10.1. The lowest BCUT2D eigenvalue weighted by Gasteiger charge is -2.13. The van der Waals surface area contributed by atoms with Crippen molar-refractivity contribution in [3.05, 3.63) is 23.0 Å². The second kappa shape index (κ2) is 4.58. The molecule has 0 saturated heterocycles. The molecule has 5 nitrogen and oxygen atoms in total. The van der Waals surface area contributed by atoms with E-state index in [-0.39, 0.29) is 12.1 Å². The summed E-state index contributed by atoms with van der Waals surface area (Å²) in [5.41, 5.74) is 2.91. The van der Waals surface area contributed by atoms with Crippen LogP contribution in [0.25, 0.3) is 11.0 Å². The molecule has 2 aromatic rings. The van der Waals surface area contributed by atoms with Crippen molar-refractivity contribution < 1.29 is 9.53 Å². The molecule has 1 atom stereocenters. The Hall–Kier alpha value is -1.91. The van der Waals surface area contributed by atoms with Crippen molar-refractivity contribution in [3.8, 4) is 0 Å². The zero-order valence-corrected chi connectivity index (χ0v) is 12.3. The molecule has 3 rings (SSSR count). The van der Waals surface area contributed by atoms with Gasteiger partial charge in [-0.05, 0) is 45.6 Å². The Balaban J connectivity index is 2.03. The number of carbonyl (C=O) groups excluding carboxylic acids is 1. The van der Waals surface area contributed by atoms with Crippen LogP contribution >= 0.6 is 0 Å². The lowest BCUT2D eigenvalue weighted by Crippen LogP contribution is -2.17. The van der Waals surface area contributed by atoms with Crippen LogP contribution in [0.15, 0.2) is 6.07 Å². The Morgan fingerprint density at radius 1 is 1.45 bits per heavy atom. The molecule has 0 N–H and O–H groups in total. The third kappa shape index (κ3) is 2.17. The lowest BCUT2D eigenvalue weighted by molar-refractivity contribution is 0.0297. The quantitative estimate of drug-likeness (QED) is 0.806. The monoisotopic (exact) mass is 273 g/mol. The summed E-state index contributed by atoms with van der Waals surface area (Å²) < 4.78 is 7.29. The van der Waals surface area contributed by atoms with E-state index in [9.17, 15) is 4.79 Å². The van der Waals surface area contributed by atoms with Crippen LogP contribution in [-0.4, -0.2) is 26.8 Å². The first kappa shape index (κ1) is 13.1. The third-order valence-electron chi connectivity index (χ3n) is 3.90. The predicted molar refractivity (Wildman–Crippen MR) is 75.6 cm³/mol. The molecule has 1 aliphatic rings. The minimum Gasteiger partial charge on any atom is -0.459 e. The van der Waals surface area contributed by atoms with E-state index in [1.165, 1.54) is 0 Å². The number of carbonyl (C=O) groups is 1. The second-order valence-electron chi connectivity index (χ2n) is 5.67. The highest BCUT2D eigenvalue weighted by Gasteiger charge is 2.31. The summed E-state index contributed by atoms with van der Waals surface area (Å²) in [5.74, 6) is 0.267. The fourth-order valence-corrected chi connectivity index (χ4v) is 2.63. The average Bonchev–Trinajstić information content (AvgIpc) is 3.17. The molecule has 0 bridgehead atoms. The highest BCUT2D eigenvalue weighted by atomic mass is 16.5. The molecule has 1 saturated carbocycles. The molecule has 0 amide bonds. The third-order valence-corrected chi connectivity index (χ3v) is 3.90. The van der Waals surface area contributed by atoms with Gasteiger partial charge in [-0.3, -0.25) is 4.68 Å². The van der Waals surface area contributed by atoms with Crippen LogP contribution in [0.3, 0.4) is 0 Å². The fraction of sp³-hybridized carbons (Fsp3) is 0.533. The molecule has 2 aromatic heterocycles. The van der Waals surface area contributed by atoms with Crippen LogP contribution in [0, 0.1) is 19.8 Å². The molecule has 0 aliphatic heterocycles. The molecule has 1 fully saturated rings. The molecule has 5 heteroatoms. The van der Waals surface area contributed by atoms with Gasteiger partial charge in [0.1, 0.15) is 6.10 Å². The van der Waals surface area contributed by atoms with Gasteiger partial charge in [0.15, 0.2) is 5.65 Å². The van der Waals surface area contributed by atoms with Crippen LogP contribution in [-0.2, 0) is 11.8 Å². The Kier molecular flexibility index (Phi) is 3.00. The van der Waals surface area contributed by atoms with E-state index in [4.69, 9.17) is 4.74 Å². The smallest absolute Gasteiger partial charge is 0.339 e. The zero-order valence-electron chi connectivity index (χ0n) is 12.3. The number of aromatic nitrogens is 3. The van der Waals surface area contributed by atoms with Crippen LogP contribution in [0.1, 0.15) is 41.5 Å². The number of pyridine rings is 1. The first-order valence-electron chi connectivity index (χ1n) is 6.99. The number of rotatable bonds is 3. The number of hydrogen-bond acceptors (Lipinski definition) is 4. The van der Waals surface area contributed by atoms with E-state index in [1.54, 1.807) is 10.7 Å². The molecule has 1 aliphatic carbocycles. The molecular weight excluding hydrogens is 254 g/mol. The molecule has 2 heterocycles. The predicted octanol–water partition coefficient (Wildman–Crippen LogP) is 2.54. The average molecular weight is 273 g/mol. The van der Waals surface area contributed by atoms with E-state index in [1.807, 2.05) is 27.8 Å². The SMILES string of the molecule is Cc1cc(C(=O)OC(C)C2CC2)c2c(C)nn(C)c2n1. The van der Waals surface area contributed by atoms with Gasteiger partial charge in [0, 0.05) is 12.7 Å². The fourth-order valence-electron chi connectivity index (χ4n) is 2.63. The summed E-state index contributed by atoms with van der Waals surface area (Å²) in [7, 11) is 1.84. The summed E-state index contributed by atoms with van der Waals surface area (Å²) in [6.45, 7) is 5.74. The van der Waals surface area contributed by atoms with Gasteiger partial charge in [-0.2, -0.15) is 5.10 Å². The van der Waals surface area contributed by atoms with Gasteiger partial charge in [0.05, 0.1) is 16.6 Å². The molecule has 0 radical (unpaired) electrons. The maximum atomic E-state index is 12.4. The Labute approximate surface area is 117 Å². The first-order chi connectivity index (χ1) is 9.47. The van der Waals surface area contributed by atoms with E-state index >= 15 is 0 Å². The number of aryl methyl sites for hydroxylation is 3. The maximum Gasteiger partial charge on any atom is 0.339 e. The Bertz CT molecular complexity index is 686. The van der Waals surface area contributed by atoms with Crippen LogP contribution in [0.5, 0.6) is 0 Å². The van der Waals surface area contributed by atoms with E-state index < -0.39 is 0 Å². The van der Waals surface area contributed by atoms with Gasteiger partial charge in [-0.1, -0.05) is 0 Å². The van der Waals surface area contributed by atoms with Gasteiger partial charge < -0.3 is 4.74 Å². The minimum absolute atomic E-state index is 0.0111. The van der Waals surface area contributed by atoms with E-state index in [2.05, 4.69) is 10.1 Å². The van der Waals surface area contributed by atoms with E-state index in [0.717, 1.165) is 35.3 Å². The van der Waals surface area contributed by atoms with Gasteiger partial charge in [0.2, 0.25) is 0 Å². The number of hydrogen-bond donors (Lipinski definition) is 0. The normalized spacial score (nSPS) is 16.4. The van der Waals surface area contributed by atoms with Crippen molar-refractivity contribution >= 4 is 17.0 Å². The van der Waals surface area contributed by atoms with Gasteiger partial charge in [-0.25, -0.2) is 9.78 Å². The van der Waals surface area contributed by atoms with E-state index in [0.29, 0.717) is 11.5 Å². The Morgan fingerprint density at radius 2 is 2.15 bits per heavy atom. The summed E-state index contributed by atoms with van der Waals surface area (Å²) in [5, 5.41) is 5.14. The zero-order chi connectivity index (χ0) is 14.4. The summed E-state index contributed by atoms with van der Waals surface area (Å²) in [6, 6.07) is 1.79. The standard InChI is InChI=1S/C15H19N3O2/c1-8-7-12(15(19)20-10(3)11-5-6-11)13-9(2)17-18(4)14(13)16-8/h7,10-11H,5-6H2,1-4H3. The highest BCUT2D eigenvalue weighted by Crippen LogP contribution is 2.34. The van der Waals surface area contributed by atoms with Crippen molar-refractivity contribution in [2.45, 2.75) is 39.7 Å². The molecule has 106 valence electrons. The maximum absolute atomic E-state index is 12.4. The van der Waals surface area contributed by atoms with Crippen molar-refractivity contribution in [2.75, 3.05) is 0 Å². The molecule has 1 unspecified atom stereocenters. The number of nitrogens with zero attached hydrogens (tertiary/aromatic N) is 3. The largest absolute Gasteiger partial charge is 0.459 e. The van der Waals surface area contributed by atoms with Gasteiger partial charge >= 0.3 is 5.97 Å². The second-order valence-corrected chi connectivity index (χ2v) is 5.67. The van der Waals surface area contributed by atoms with Crippen molar-refractivity contribution in [1.82, 2.24) is 14.8 Å². The van der Waals surface area contributed by atoms with Crippen molar-refractivity contribution in [1.29, 1.82) is 0 Å². The van der Waals surface area contributed by atoms with Crippen LogP contribution in [0.4, 0.5) is 0 Å². The summed E-state index contributed by atoms with van der Waals surface area (Å²) >= 11 is 0. The molecular formula is C15H19N3O2. The molecule has 0 aromatic carbocycles. The minimum atomic E-state index is -0.268. The highest BCUT2D eigenvalue weighted by molar-refractivity contribution is 6.03. The summed E-state index contributed by atoms with van der Waals surface area (Å²) in [4.78, 5) is 16.9. The Morgan fingerprint density at radius 3 is 2.80 bits per heavy atom. The van der Waals surface area contributed by atoms with Gasteiger partial charge in [-0.15, -0.1) is 0 Å². The first-order valence-corrected chi connectivity index (χ1v) is 6.99. The number of ether oxygens (including phenoxy) is 1. The molecule has 20 heavy (non-hydrogen) atoms. The summed E-state index contributed by atoms with van der Waals surface area (Å²) in [6.07, 6.45) is 2.30. The van der Waals surface area contributed by atoms with Crippen molar-refractivity contribution in [2.24, 2.45) is 13.0 Å². The van der Waals surface area contributed by atoms with Crippen LogP contribution in [0.2, 0.25) is 0 Å².